The fourth-order valence-electron chi connectivity index (χ4n) is 7.80. The summed E-state index contributed by atoms with van der Waals surface area (Å²) in [5, 5.41) is 7.41. The van der Waals surface area contributed by atoms with Crippen molar-refractivity contribution in [2.75, 3.05) is 0 Å². The summed E-state index contributed by atoms with van der Waals surface area (Å²) in [7, 11) is 0. The second kappa shape index (κ2) is 13.4. The van der Waals surface area contributed by atoms with Crippen LogP contribution in [0.5, 0.6) is 0 Å². The van der Waals surface area contributed by atoms with Crippen LogP contribution in [0.15, 0.2) is 206 Å². The monoisotopic (exact) mass is 686 g/mol. The first kappa shape index (κ1) is 31.6. The van der Waals surface area contributed by atoms with E-state index in [-0.39, 0.29) is 0 Å². The second-order valence-electron chi connectivity index (χ2n) is 13.7. The van der Waals surface area contributed by atoms with Crippen molar-refractivity contribution in [2.24, 2.45) is 0 Å². The van der Waals surface area contributed by atoms with Crippen molar-refractivity contribution in [1.82, 2.24) is 9.97 Å². The third-order valence-corrected chi connectivity index (χ3v) is 10.5. The Morgan fingerprint density at radius 1 is 0.259 bits per heavy atom. The molecule has 252 valence electrons. The minimum atomic E-state index is 0.701. The number of fused-ring (bicyclic) bond motifs is 4. The van der Waals surface area contributed by atoms with Crippen LogP contribution in [0.4, 0.5) is 0 Å². The van der Waals surface area contributed by atoms with Crippen molar-refractivity contribution in [1.29, 1.82) is 0 Å². The van der Waals surface area contributed by atoms with Gasteiger partial charge in [-0.05, 0) is 77.8 Å². The van der Waals surface area contributed by atoms with Crippen LogP contribution >= 0.6 is 0 Å². The summed E-state index contributed by atoms with van der Waals surface area (Å²) in [6, 6.07) is 73.4. The molecule has 54 heavy (non-hydrogen) atoms. The first-order valence-electron chi connectivity index (χ1n) is 18.4. The maximum absolute atomic E-state index is 5.28. The highest BCUT2D eigenvalue weighted by molar-refractivity contribution is 6.21. The summed E-state index contributed by atoms with van der Waals surface area (Å²) in [5.41, 5.74) is 12.0. The number of rotatable bonds is 6. The van der Waals surface area contributed by atoms with Crippen LogP contribution in [-0.4, -0.2) is 9.97 Å². The zero-order chi connectivity index (χ0) is 35.8. The van der Waals surface area contributed by atoms with E-state index in [9.17, 15) is 0 Å². The molecule has 10 rings (SSSR count). The molecular formula is C52H34N2. The fourth-order valence-corrected chi connectivity index (χ4v) is 7.80. The Kier molecular flexibility index (Phi) is 7.85. The molecule has 0 amide bonds. The van der Waals surface area contributed by atoms with Gasteiger partial charge in [0.1, 0.15) is 0 Å². The molecule has 1 heterocycles. The molecule has 0 atom stereocenters. The lowest BCUT2D eigenvalue weighted by molar-refractivity contribution is 1.18. The molecule has 0 aliphatic heterocycles. The van der Waals surface area contributed by atoms with Gasteiger partial charge in [-0.2, -0.15) is 0 Å². The van der Waals surface area contributed by atoms with E-state index in [0.29, 0.717) is 5.82 Å². The van der Waals surface area contributed by atoms with E-state index in [1.165, 1.54) is 54.6 Å². The Balaban J connectivity index is 1.12. The maximum Gasteiger partial charge on any atom is 0.160 e. The molecule has 0 fully saturated rings. The molecule has 0 N–H and O–H groups in total. The zero-order valence-electron chi connectivity index (χ0n) is 29.5. The predicted molar refractivity (Wildman–Crippen MR) is 227 cm³/mol. The summed E-state index contributed by atoms with van der Waals surface area (Å²) in [5.74, 6) is 0.701. The SMILES string of the molecule is c1ccc(-c2ccc(-c3ccc(-c4cc(-c5ccccc5-c5c6ccccc6cc6c5ccc5ccccc56)nc(-c5ccccc5)n4)cc3)cc2)cc1. The van der Waals surface area contributed by atoms with Crippen LogP contribution in [0.2, 0.25) is 0 Å². The lowest BCUT2D eigenvalue weighted by Crippen LogP contribution is -1.97. The lowest BCUT2D eigenvalue weighted by Gasteiger charge is -2.17. The minimum absolute atomic E-state index is 0.701. The van der Waals surface area contributed by atoms with Crippen molar-refractivity contribution in [3.05, 3.63) is 206 Å². The van der Waals surface area contributed by atoms with E-state index in [1.807, 2.05) is 18.2 Å². The average molecular weight is 687 g/mol. The van der Waals surface area contributed by atoms with Crippen LogP contribution in [0.25, 0.3) is 99.6 Å². The van der Waals surface area contributed by atoms with Crippen molar-refractivity contribution < 1.29 is 0 Å². The third-order valence-electron chi connectivity index (χ3n) is 10.5. The van der Waals surface area contributed by atoms with Gasteiger partial charge in [0.25, 0.3) is 0 Å². The van der Waals surface area contributed by atoms with Crippen LogP contribution in [-0.2, 0) is 0 Å². The molecule has 0 saturated heterocycles. The van der Waals surface area contributed by atoms with E-state index in [1.54, 1.807) is 0 Å². The largest absolute Gasteiger partial charge is 0.228 e. The molecule has 2 heteroatoms. The minimum Gasteiger partial charge on any atom is -0.228 e. The number of hydrogen-bond donors (Lipinski definition) is 0. The summed E-state index contributed by atoms with van der Waals surface area (Å²) in [6.45, 7) is 0. The smallest absolute Gasteiger partial charge is 0.160 e. The molecule has 0 radical (unpaired) electrons. The van der Waals surface area contributed by atoms with E-state index in [0.717, 1.165) is 39.2 Å². The first-order chi connectivity index (χ1) is 26.8. The zero-order valence-corrected chi connectivity index (χ0v) is 29.5. The quantitative estimate of drug-likeness (QED) is 0.129. The summed E-state index contributed by atoms with van der Waals surface area (Å²) < 4.78 is 0. The predicted octanol–water partition coefficient (Wildman–Crippen LogP) is 13.9. The highest BCUT2D eigenvalue weighted by Gasteiger charge is 2.18. The number of nitrogens with zero attached hydrogens (tertiary/aromatic N) is 2. The Bertz CT molecular complexity index is 2950. The molecule has 0 bridgehead atoms. The highest BCUT2D eigenvalue weighted by Crippen LogP contribution is 2.43. The van der Waals surface area contributed by atoms with Gasteiger partial charge in [-0.1, -0.05) is 194 Å². The molecular weight excluding hydrogens is 653 g/mol. The molecule has 0 aliphatic carbocycles. The number of aromatic nitrogens is 2. The molecule has 1 aromatic heterocycles. The molecule has 0 saturated carbocycles. The normalized spacial score (nSPS) is 11.3. The lowest BCUT2D eigenvalue weighted by atomic mass is 9.87. The summed E-state index contributed by atoms with van der Waals surface area (Å²) >= 11 is 0. The molecule has 9 aromatic carbocycles. The van der Waals surface area contributed by atoms with Crippen molar-refractivity contribution in [2.45, 2.75) is 0 Å². The van der Waals surface area contributed by atoms with Gasteiger partial charge < -0.3 is 0 Å². The topological polar surface area (TPSA) is 25.8 Å². The van der Waals surface area contributed by atoms with Gasteiger partial charge >= 0.3 is 0 Å². The highest BCUT2D eigenvalue weighted by atomic mass is 14.9. The van der Waals surface area contributed by atoms with Gasteiger partial charge in [0.05, 0.1) is 11.4 Å². The van der Waals surface area contributed by atoms with E-state index in [4.69, 9.17) is 9.97 Å². The Morgan fingerprint density at radius 3 is 1.44 bits per heavy atom. The number of benzene rings is 9. The van der Waals surface area contributed by atoms with Crippen molar-refractivity contribution >= 4 is 32.3 Å². The molecule has 0 spiro atoms. The molecule has 0 aliphatic rings. The molecule has 2 nitrogen and oxygen atoms in total. The van der Waals surface area contributed by atoms with E-state index >= 15 is 0 Å². The van der Waals surface area contributed by atoms with Gasteiger partial charge in [-0.15, -0.1) is 0 Å². The average Bonchev–Trinajstić information content (AvgIpc) is 3.26. The molecule has 10 aromatic rings. The van der Waals surface area contributed by atoms with E-state index in [2.05, 4.69) is 188 Å². The van der Waals surface area contributed by atoms with Crippen molar-refractivity contribution in [3.63, 3.8) is 0 Å². The fraction of sp³-hybridized carbons (Fsp3) is 0. The Morgan fingerprint density at radius 2 is 0.759 bits per heavy atom. The number of hydrogen-bond acceptors (Lipinski definition) is 2. The van der Waals surface area contributed by atoms with Gasteiger partial charge in [-0.3, -0.25) is 0 Å². The van der Waals surface area contributed by atoms with Crippen LogP contribution in [0.3, 0.4) is 0 Å². The van der Waals surface area contributed by atoms with Gasteiger partial charge in [0.15, 0.2) is 5.82 Å². The van der Waals surface area contributed by atoms with Crippen LogP contribution in [0, 0.1) is 0 Å². The molecule has 0 unspecified atom stereocenters. The van der Waals surface area contributed by atoms with Gasteiger partial charge in [0, 0.05) is 16.7 Å². The standard InChI is InChI=1S/C52H34N2/c1-3-13-35(14-4-1)36-23-25-37(26-24-36)38-27-29-40(30-28-38)49-34-50(54-52(53-49)41-16-5-2-6-17-41)45-21-11-12-22-46(45)51-44-20-10-8-18-42(44)33-48-43-19-9-7-15-39(43)31-32-47(48)51/h1-34H. The van der Waals surface area contributed by atoms with Crippen molar-refractivity contribution in [3.8, 4) is 67.3 Å². The maximum atomic E-state index is 5.28. The Hall–Kier alpha value is -7.16. The first-order valence-corrected chi connectivity index (χ1v) is 18.4. The third kappa shape index (κ3) is 5.71. The van der Waals surface area contributed by atoms with E-state index < -0.39 is 0 Å². The van der Waals surface area contributed by atoms with Crippen LogP contribution in [0.1, 0.15) is 0 Å². The summed E-state index contributed by atoms with van der Waals surface area (Å²) in [6.07, 6.45) is 0. The second-order valence-corrected chi connectivity index (χ2v) is 13.7. The Labute approximate surface area is 314 Å². The van der Waals surface area contributed by atoms with Crippen LogP contribution < -0.4 is 0 Å². The van der Waals surface area contributed by atoms with Gasteiger partial charge in [-0.25, -0.2) is 9.97 Å². The summed E-state index contributed by atoms with van der Waals surface area (Å²) in [4.78, 5) is 10.5. The van der Waals surface area contributed by atoms with Gasteiger partial charge in [0.2, 0.25) is 0 Å².